The summed E-state index contributed by atoms with van der Waals surface area (Å²) in [5.74, 6) is 0. The van der Waals surface area contributed by atoms with Crippen LogP contribution in [0.3, 0.4) is 0 Å². The van der Waals surface area contributed by atoms with Crippen LogP contribution in [0.15, 0.2) is 194 Å². The quantitative estimate of drug-likeness (QED) is 0.162. The molecule has 248 valence electrons. The maximum absolute atomic E-state index is 2.52. The summed E-state index contributed by atoms with van der Waals surface area (Å²) in [6.07, 6.45) is 0. The van der Waals surface area contributed by atoms with E-state index in [0.717, 1.165) is 0 Å². The van der Waals surface area contributed by atoms with Crippen molar-refractivity contribution in [3.63, 3.8) is 0 Å². The molecule has 12 rings (SSSR count). The van der Waals surface area contributed by atoms with E-state index < -0.39 is 0 Å². The van der Waals surface area contributed by atoms with Crippen LogP contribution in [0.5, 0.6) is 0 Å². The number of benzene rings is 10. The first-order chi connectivity index (χ1) is 26.8. The average molecular weight is 681 g/mol. The fourth-order valence-corrected chi connectivity index (χ4v) is 9.83. The van der Waals surface area contributed by atoms with E-state index in [1.165, 1.54) is 120 Å². The first-order valence-corrected chi connectivity index (χ1v) is 18.9. The molecule has 0 radical (unpaired) electrons. The van der Waals surface area contributed by atoms with Crippen molar-refractivity contribution in [2.45, 2.75) is 0 Å². The highest BCUT2D eigenvalue weighted by atomic mass is 14.3. The van der Waals surface area contributed by atoms with Crippen LogP contribution in [-0.4, -0.2) is 0 Å². The second-order valence-corrected chi connectivity index (χ2v) is 14.7. The fraction of sp³-hybridized carbons (Fsp3) is 0. The van der Waals surface area contributed by atoms with Gasteiger partial charge >= 0.3 is 0 Å². The van der Waals surface area contributed by atoms with Crippen molar-refractivity contribution in [3.8, 4) is 44.5 Å². The smallest absolute Gasteiger partial charge is 0.000719 e. The minimum atomic E-state index is 1.23. The van der Waals surface area contributed by atoms with E-state index in [4.69, 9.17) is 0 Å². The van der Waals surface area contributed by atoms with Crippen molar-refractivity contribution >= 4 is 75.4 Å². The summed E-state index contributed by atoms with van der Waals surface area (Å²) in [5, 5.41) is 18.5. The van der Waals surface area contributed by atoms with Crippen molar-refractivity contribution in [3.05, 3.63) is 194 Å². The second kappa shape index (κ2) is 11.2. The zero-order valence-corrected chi connectivity index (χ0v) is 29.5. The minimum Gasteiger partial charge on any atom is -0.0622 e. The molecule has 0 heterocycles. The van der Waals surface area contributed by atoms with Crippen molar-refractivity contribution in [1.29, 1.82) is 0 Å². The zero-order chi connectivity index (χ0) is 35.3. The van der Waals surface area contributed by atoms with Crippen molar-refractivity contribution in [1.82, 2.24) is 0 Å². The van der Waals surface area contributed by atoms with Gasteiger partial charge in [0.1, 0.15) is 0 Å². The van der Waals surface area contributed by atoms with Gasteiger partial charge in [-0.15, -0.1) is 0 Å². The van der Waals surface area contributed by atoms with Gasteiger partial charge in [0.2, 0.25) is 0 Å². The van der Waals surface area contributed by atoms with Gasteiger partial charge in [-0.2, -0.15) is 0 Å². The Morgan fingerprint density at radius 3 is 1.35 bits per heavy atom. The third kappa shape index (κ3) is 3.97. The Morgan fingerprint density at radius 1 is 0.185 bits per heavy atom. The summed E-state index contributed by atoms with van der Waals surface area (Å²) in [7, 11) is 0. The molecule has 0 amide bonds. The molecule has 0 spiro atoms. The summed E-state index contributed by atoms with van der Waals surface area (Å²) in [4.78, 5) is 0. The monoisotopic (exact) mass is 680 g/mol. The zero-order valence-electron chi connectivity index (χ0n) is 29.5. The van der Waals surface area contributed by atoms with Crippen LogP contribution in [-0.2, 0) is 0 Å². The van der Waals surface area contributed by atoms with Gasteiger partial charge in [-0.05, 0) is 126 Å². The molecule has 0 N–H and O–H groups in total. The van der Waals surface area contributed by atoms with Crippen LogP contribution in [0.2, 0.25) is 0 Å². The summed E-state index contributed by atoms with van der Waals surface area (Å²) in [5.41, 5.74) is 10.1. The maximum Gasteiger partial charge on any atom is -0.000719 e. The Hall–Kier alpha value is -7.02. The maximum atomic E-state index is 2.52. The van der Waals surface area contributed by atoms with E-state index in [-0.39, 0.29) is 0 Å². The molecular formula is C54H32. The van der Waals surface area contributed by atoms with Gasteiger partial charge in [0.15, 0.2) is 0 Å². The highest BCUT2D eigenvalue weighted by molar-refractivity contribution is 6.45. The lowest BCUT2D eigenvalue weighted by Gasteiger charge is -2.19. The van der Waals surface area contributed by atoms with Crippen LogP contribution in [0.25, 0.3) is 120 Å². The number of rotatable bonds is 4. The Morgan fingerprint density at radius 2 is 0.648 bits per heavy atom. The molecule has 0 unspecified atom stereocenters. The van der Waals surface area contributed by atoms with E-state index in [9.17, 15) is 0 Å². The Labute approximate surface area is 312 Å². The number of hydrogen-bond donors (Lipinski definition) is 0. The molecule has 0 bridgehead atoms. The molecule has 0 aromatic heterocycles. The minimum absolute atomic E-state index is 1.23. The van der Waals surface area contributed by atoms with Crippen LogP contribution in [0, 0.1) is 0 Å². The number of fused-ring (bicyclic) bond motifs is 8. The van der Waals surface area contributed by atoms with Gasteiger partial charge in [0, 0.05) is 0 Å². The fourth-order valence-electron chi connectivity index (χ4n) is 9.83. The lowest BCUT2D eigenvalue weighted by atomic mass is 9.84. The van der Waals surface area contributed by atoms with E-state index in [2.05, 4.69) is 194 Å². The average Bonchev–Trinajstić information content (AvgIpc) is 3.75. The highest BCUT2D eigenvalue weighted by Crippen LogP contribution is 2.55. The normalized spacial score (nSPS) is 12.1. The van der Waals surface area contributed by atoms with Gasteiger partial charge in [-0.25, -0.2) is 0 Å². The Balaban J connectivity index is 1.34. The highest BCUT2D eigenvalue weighted by Gasteiger charge is 2.27. The van der Waals surface area contributed by atoms with Crippen molar-refractivity contribution in [2.75, 3.05) is 0 Å². The SMILES string of the molecule is c1ccc(-c2ccccc2-c2ccc3c4c(-c5ccccc5)c5c(cc6c7ccccc7c7cccc5c76)c(-c5ccccc5)c4c4cccc2c43)cc1. The lowest BCUT2D eigenvalue weighted by Crippen LogP contribution is -1.91. The summed E-state index contributed by atoms with van der Waals surface area (Å²) in [6, 6.07) is 72.1. The largest absolute Gasteiger partial charge is 0.0622 e. The molecule has 12 aromatic rings. The molecule has 0 heteroatoms. The van der Waals surface area contributed by atoms with Gasteiger partial charge in [-0.1, -0.05) is 188 Å². The lowest BCUT2D eigenvalue weighted by molar-refractivity contribution is 1.60. The molecule has 0 saturated carbocycles. The van der Waals surface area contributed by atoms with Crippen molar-refractivity contribution in [2.24, 2.45) is 0 Å². The van der Waals surface area contributed by atoms with Gasteiger partial charge in [0.25, 0.3) is 0 Å². The Bertz CT molecular complexity index is 3390. The molecule has 0 aliphatic carbocycles. The van der Waals surface area contributed by atoms with Crippen LogP contribution < -0.4 is 0 Å². The van der Waals surface area contributed by atoms with Crippen LogP contribution in [0.4, 0.5) is 0 Å². The third-order valence-corrected chi connectivity index (χ3v) is 11.9. The number of hydrogen-bond acceptors (Lipinski definition) is 0. The topological polar surface area (TPSA) is 0 Å². The van der Waals surface area contributed by atoms with Gasteiger partial charge in [-0.3, -0.25) is 0 Å². The summed E-state index contributed by atoms with van der Waals surface area (Å²) in [6.45, 7) is 0. The van der Waals surface area contributed by atoms with Crippen LogP contribution >= 0.6 is 0 Å². The van der Waals surface area contributed by atoms with E-state index in [1.807, 2.05) is 0 Å². The second-order valence-electron chi connectivity index (χ2n) is 14.7. The molecule has 12 aromatic carbocycles. The van der Waals surface area contributed by atoms with E-state index in [1.54, 1.807) is 0 Å². The molecule has 0 fully saturated rings. The van der Waals surface area contributed by atoms with Crippen molar-refractivity contribution < 1.29 is 0 Å². The Kier molecular flexibility index (Phi) is 6.15. The van der Waals surface area contributed by atoms with Crippen LogP contribution in [0.1, 0.15) is 0 Å². The third-order valence-electron chi connectivity index (χ3n) is 11.9. The predicted molar refractivity (Wildman–Crippen MR) is 233 cm³/mol. The van der Waals surface area contributed by atoms with E-state index in [0.29, 0.717) is 0 Å². The first kappa shape index (κ1) is 29.5. The van der Waals surface area contributed by atoms with Gasteiger partial charge < -0.3 is 0 Å². The standard InChI is InChI=1S/C54H32/c1-4-16-33(17-5-1)36-22-10-11-23-37(36)40-30-31-45-50-42(40)27-15-29-44(50)53-48(34-18-6-2-7-19-34)47-32-46-39-25-13-12-24-38(39)41-26-14-28-43(51(41)46)52(47)49(54(45)53)35-20-8-3-9-21-35/h1-32H. The molecule has 0 saturated heterocycles. The molecule has 0 aliphatic heterocycles. The summed E-state index contributed by atoms with van der Waals surface area (Å²) >= 11 is 0. The first-order valence-electron chi connectivity index (χ1n) is 18.9. The molecular weight excluding hydrogens is 649 g/mol. The molecule has 54 heavy (non-hydrogen) atoms. The van der Waals surface area contributed by atoms with E-state index >= 15 is 0 Å². The molecule has 0 atom stereocenters. The molecule has 0 aliphatic rings. The predicted octanol–water partition coefficient (Wildman–Crippen LogP) is 15.3. The molecule has 0 nitrogen and oxygen atoms in total. The summed E-state index contributed by atoms with van der Waals surface area (Å²) < 4.78 is 0. The van der Waals surface area contributed by atoms with Gasteiger partial charge in [0.05, 0.1) is 0 Å².